The third-order valence-corrected chi connectivity index (χ3v) is 6.11. The van der Waals surface area contributed by atoms with Crippen LogP contribution in [0.5, 0.6) is 0 Å². The lowest BCUT2D eigenvalue weighted by atomic mass is 9.91. The van der Waals surface area contributed by atoms with E-state index in [4.69, 9.17) is 0 Å². The molecule has 3 fully saturated rings. The van der Waals surface area contributed by atoms with Crippen molar-refractivity contribution in [2.45, 2.75) is 56.5 Å². The van der Waals surface area contributed by atoms with Crippen molar-refractivity contribution in [3.8, 4) is 0 Å². The van der Waals surface area contributed by atoms with Crippen LogP contribution in [0.2, 0.25) is 0 Å². The molecule has 0 bridgehead atoms. The van der Waals surface area contributed by atoms with Crippen LogP contribution in [0.3, 0.4) is 0 Å². The van der Waals surface area contributed by atoms with Gasteiger partial charge in [0.1, 0.15) is 0 Å². The Balaban J connectivity index is 1.48. The molecule has 0 spiro atoms. The maximum atomic E-state index is 9.88. The van der Waals surface area contributed by atoms with Crippen LogP contribution in [-0.2, 0) is 0 Å². The lowest BCUT2D eigenvalue weighted by molar-refractivity contribution is 0.0543. The van der Waals surface area contributed by atoms with E-state index < -0.39 is 0 Å². The van der Waals surface area contributed by atoms with Gasteiger partial charge in [-0.1, -0.05) is 6.42 Å². The number of likely N-dealkylation sites (N-methyl/N-ethyl adjacent to an activating group) is 1. The third-order valence-electron chi connectivity index (χ3n) is 6.11. The Morgan fingerprint density at radius 1 is 1.00 bits per heavy atom. The van der Waals surface area contributed by atoms with Gasteiger partial charge in [0, 0.05) is 12.6 Å². The molecule has 2 heterocycles. The van der Waals surface area contributed by atoms with E-state index in [0.29, 0.717) is 5.92 Å². The number of likely N-dealkylation sites (tertiary alicyclic amines) is 2. The van der Waals surface area contributed by atoms with Gasteiger partial charge in [-0.25, -0.2) is 0 Å². The van der Waals surface area contributed by atoms with Crippen LogP contribution in [0.15, 0.2) is 0 Å². The van der Waals surface area contributed by atoms with Crippen molar-refractivity contribution in [3.05, 3.63) is 0 Å². The van der Waals surface area contributed by atoms with Crippen molar-refractivity contribution >= 4 is 0 Å². The maximum Gasteiger partial charge on any atom is 0.0628 e. The minimum atomic E-state index is -0.0437. The van der Waals surface area contributed by atoms with Crippen LogP contribution in [0, 0.1) is 5.92 Å². The standard InChI is InChI=1S/C17H33N3O/c1-18-17(14-21,15-5-6-15)13-19-11-7-16(8-12-19)20-9-3-2-4-10-20/h15-16,18,21H,2-14H2,1H3. The molecule has 0 aromatic rings. The highest BCUT2D eigenvalue weighted by Gasteiger charge is 2.45. The van der Waals surface area contributed by atoms with Gasteiger partial charge in [0.15, 0.2) is 0 Å². The molecule has 3 rings (SSSR count). The van der Waals surface area contributed by atoms with Gasteiger partial charge >= 0.3 is 0 Å². The zero-order chi connectivity index (χ0) is 14.7. The Labute approximate surface area is 129 Å². The van der Waals surface area contributed by atoms with Crippen molar-refractivity contribution in [2.24, 2.45) is 5.92 Å². The van der Waals surface area contributed by atoms with Crippen molar-refractivity contribution in [3.63, 3.8) is 0 Å². The molecule has 122 valence electrons. The van der Waals surface area contributed by atoms with Crippen LogP contribution in [0.1, 0.15) is 44.9 Å². The fourth-order valence-corrected chi connectivity index (χ4v) is 4.43. The minimum Gasteiger partial charge on any atom is -0.394 e. The van der Waals surface area contributed by atoms with Crippen molar-refractivity contribution in [1.82, 2.24) is 15.1 Å². The number of hydrogen-bond acceptors (Lipinski definition) is 4. The van der Waals surface area contributed by atoms with Crippen molar-refractivity contribution < 1.29 is 5.11 Å². The van der Waals surface area contributed by atoms with Crippen molar-refractivity contribution in [2.75, 3.05) is 46.4 Å². The minimum absolute atomic E-state index is 0.0437. The van der Waals surface area contributed by atoms with E-state index in [1.54, 1.807) is 0 Å². The largest absolute Gasteiger partial charge is 0.394 e. The predicted molar refractivity (Wildman–Crippen MR) is 86.5 cm³/mol. The summed E-state index contributed by atoms with van der Waals surface area (Å²) in [6, 6.07) is 0.820. The summed E-state index contributed by atoms with van der Waals surface area (Å²) in [4.78, 5) is 5.32. The molecule has 2 N–H and O–H groups in total. The number of aliphatic hydroxyl groups is 1. The maximum absolute atomic E-state index is 9.88. The van der Waals surface area contributed by atoms with Crippen molar-refractivity contribution in [1.29, 1.82) is 0 Å². The SMILES string of the molecule is CNC(CO)(CN1CCC(N2CCCCC2)CC1)C1CC1. The molecule has 3 aliphatic rings. The van der Waals surface area contributed by atoms with E-state index in [9.17, 15) is 5.11 Å². The molecule has 1 aliphatic carbocycles. The Kier molecular flexibility index (Phi) is 5.20. The topological polar surface area (TPSA) is 38.7 Å². The summed E-state index contributed by atoms with van der Waals surface area (Å²) in [6.45, 7) is 6.36. The lowest BCUT2D eigenvalue weighted by Crippen LogP contribution is -2.58. The highest BCUT2D eigenvalue weighted by molar-refractivity contribution is 5.02. The van der Waals surface area contributed by atoms with E-state index in [1.165, 1.54) is 71.1 Å². The Morgan fingerprint density at radius 3 is 2.19 bits per heavy atom. The van der Waals surface area contributed by atoms with Crippen LogP contribution < -0.4 is 5.32 Å². The van der Waals surface area contributed by atoms with Gasteiger partial charge in [-0.05, 0) is 77.7 Å². The zero-order valence-corrected chi connectivity index (χ0v) is 13.7. The van der Waals surface area contributed by atoms with Crippen LogP contribution in [0.25, 0.3) is 0 Å². The highest BCUT2D eigenvalue weighted by atomic mass is 16.3. The Hall–Kier alpha value is -0.160. The quantitative estimate of drug-likeness (QED) is 0.775. The van der Waals surface area contributed by atoms with E-state index in [-0.39, 0.29) is 12.1 Å². The van der Waals surface area contributed by atoms with Gasteiger partial charge in [0.05, 0.1) is 12.1 Å². The second-order valence-electron chi connectivity index (χ2n) is 7.44. The summed E-state index contributed by atoms with van der Waals surface area (Å²) in [7, 11) is 2.02. The number of aliphatic hydroxyl groups excluding tert-OH is 1. The number of piperidine rings is 2. The van der Waals surface area contributed by atoms with Gasteiger partial charge in [0.25, 0.3) is 0 Å². The first-order valence-electron chi connectivity index (χ1n) is 9.03. The molecule has 1 saturated carbocycles. The second-order valence-corrected chi connectivity index (χ2v) is 7.44. The molecule has 2 saturated heterocycles. The lowest BCUT2D eigenvalue weighted by Gasteiger charge is -2.43. The molecule has 0 aromatic heterocycles. The van der Waals surface area contributed by atoms with Crippen LogP contribution in [0.4, 0.5) is 0 Å². The van der Waals surface area contributed by atoms with E-state index in [2.05, 4.69) is 15.1 Å². The molecule has 0 aromatic carbocycles. The zero-order valence-electron chi connectivity index (χ0n) is 13.7. The summed E-state index contributed by atoms with van der Waals surface area (Å²) in [5, 5.41) is 13.3. The second kappa shape index (κ2) is 6.95. The summed E-state index contributed by atoms with van der Waals surface area (Å²) in [6.07, 6.45) is 9.42. The fraction of sp³-hybridized carbons (Fsp3) is 1.00. The molecular weight excluding hydrogens is 262 g/mol. The molecule has 1 atom stereocenters. The van der Waals surface area contributed by atoms with E-state index in [1.807, 2.05) is 7.05 Å². The number of nitrogens with one attached hydrogen (secondary N) is 1. The van der Waals surface area contributed by atoms with Gasteiger partial charge in [-0.3, -0.25) is 0 Å². The van der Waals surface area contributed by atoms with Gasteiger partial charge in [0.2, 0.25) is 0 Å². The number of nitrogens with zero attached hydrogens (tertiary/aromatic N) is 2. The molecule has 1 unspecified atom stereocenters. The fourth-order valence-electron chi connectivity index (χ4n) is 4.43. The predicted octanol–water partition coefficient (Wildman–Crippen LogP) is 1.30. The highest BCUT2D eigenvalue weighted by Crippen LogP contribution is 2.40. The monoisotopic (exact) mass is 295 g/mol. The summed E-state index contributed by atoms with van der Waals surface area (Å²) in [5.41, 5.74) is -0.0437. The Morgan fingerprint density at radius 2 is 1.67 bits per heavy atom. The molecule has 0 amide bonds. The van der Waals surface area contributed by atoms with Gasteiger partial charge < -0.3 is 20.2 Å². The molecule has 4 nitrogen and oxygen atoms in total. The molecule has 2 aliphatic heterocycles. The van der Waals surface area contributed by atoms with Gasteiger partial charge in [-0.15, -0.1) is 0 Å². The number of rotatable bonds is 6. The summed E-state index contributed by atoms with van der Waals surface area (Å²) >= 11 is 0. The van der Waals surface area contributed by atoms with E-state index >= 15 is 0 Å². The molecular formula is C17H33N3O. The van der Waals surface area contributed by atoms with Gasteiger partial charge in [-0.2, -0.15) is 0 Å². The average molecular weight is 295 g/mol. The molecule has 0 radical (unpaired) electrons. The summed E-state index contributed by atoms with van der Waals surface area (Å²) in [5.74, 6) is 0.687. The van der Waals surface area contributed by atoms with Crippen LogP contribution in [-0.4, -0.2) is 72.9 Å². The third kappa shape index (κ3) is 3.61. The number of hydrogen-bond donors (Lipinski definition) is 2. The van der Waals surface area contributed by atoms with Crippen LogP contribution >= 0.6 is 0 Å². The molecule has 21 heavy (non-hydrogen) atoms. The first-order valence-corrected chi connectivity index (χ1v) is 9.03. The first-order chi connectivity index (χ1) is 10.3. The first kappa shape index (κ1) is 15.7. The smallest absolute Gasteiger partial charge is 0.0628 e. The van der Waals surface area contributed by atoms with E-state index in [0.717, 1.165) is 12.6 Å². The average Bonchev–Trinajstić information content (AvgIpc) is 3.39. The normalized spacial score (nSPS) is 29.4. The summed E-state index contributed by atoms with van der Waals surface area (Å²) < 4.78 is 0. The Bertz CT molecular complexity index is 314. The molecule has 4 heteroatoms.